The zero-order chi connectivity index (χ0) is 16.3. The van der Waals surface area contributed by atoms with E-state index in [1.165, 1.54) is 22.6 Å². The molecule has 1 aromatic carbocycles. The van der Waals surface area contributed by atoms with Gasteiger partial charge in [-0.1, -0.05) is 30.3 Å². The number of ether oxygens (including phenoxy) is 1. The average molecular weight is 427 g/mol. The molecule has 2 unspecified atom stereocenters. The van der Waals surface area contributed by atoms with Crippen LogP contribution in [-0.4, -0.2) is 19.6 Å². The topological polar surface area (TPSA) is 81.5 Å². The Balaban J connectivity index is 3.05. The van der Waals surface area contributed by atoms with Crippen molar-refractivity contribution in [2.75, 3.05) is 0 Å². The predicted octanol–water partition coefficient (Wildman–Crippen LogP) is 3.86. The van der Waals surface area contributed by atoms with Gasteiger partial charge in [-0.05, 0) is 37.9 Å². The van der Waals surface area contributed by atoms with Crippen LogP contribution in [0.2, 0.25) is 0 Å². The van der Waals surface area contributed by atoms with Crippen LogP contribution < -0.4 is 5.32 Å². The third kappa shape index (κ3) is 5.31. The Bertz CT molecular complexity index is 517. The minimum Gasteiger partial charge on any atom is -0.444 e. The van der Waals surface area contributed by atoms with E-state index in [4.69, 9.17) is 16.3 Å². The lowest BCUT2D eigenvalue weighted by Crippen LogP contribution is -2.45. The van der Waals surface area contributed by atoms with E-state index in [1.807, 2.05) is 0 Å². The van der Waals surface area contributed by atoms with Crippen molar-refractivity contribution in [1.29, 1.82) is 0 Å². The highest BCUT2D eigenvalue weighted by molar-refractivity contribution is 14.1. The number of carbonyl (C=O) groups is 1. The Morgan fingerprint density at radius 3 is 2.33 bits per heavy atom. The number of nitrogens with zero attached hydrogens (tertiary/aromatic N) is 1. The van der Waals surface area contributed by atoms with Crippen molar-refractivity contribution < 1.29 is 14.5 Å². The number of hydrogen-bond donors (Lipinski definition) is 1. The minimum absolute atomic E-state index is 0.518. The second-order valence-corrected chi connectivity index (χ2v) is 8.19. The summed E-state index contributed by atoms with van der Waals surface area (Å²) in [6, 6.07) is 7.46. The van der Waals surface area contributed by atoms with E-state index in [2.05, 4.69) is 5.32 Å². The molecule has 8 heteroatoms. The molecule has 0 heterocycles. The normalized spacial score (nSPS) is 15.7. The number of halogens is 2. The number of hydrogen-bond acceptors (Lipinski definition) is 4. The standard InChI is InChI=1S/C13H16ClIN2O4/c1-12(2,3)21-11(18)16-10(13(14,15)17(19)20)9-7-5-4-6-8-9/h4-8,10H,1-3H3,(H,16,18). The van der Waals surface area contributed by atoms with Crippen molar-refractivity contribution >= 4 is 40.3 Å². The Hall–Kier alpha value is -1.09. The molecule has 6 nitrogen and oxygen atoms in total. The summed E-state index contributed by atoms with van der Waals surface area (Å²) < 4.78 is 3.21. The zero-order valence-electron chi connectivity index (χ0n) is 11.8. The maximum atomic E-state index is 11.9. The predicted molar refractivity (Wildman–Crippen MR) is 88.2 cm³/mol. The third-order valence-corrected chi connectivity index (χ3v) is 3.76. The van der Waals surface area contributed by atoms with Gasteiger partial charge in [-0.3, -0.25) is 10.1 Å². The van der Waals surface area contributed by atoms with Gasteiger partial charge in [-0.25, -0.2) is 4.79 Å². The molecule has 0 spiro atoms. The highest BCUT2D eigenvalue weighted by Gasteiger charge is 2.48. The maximum Gasteiger partial charge on any atom is 0.408 e. The quantitative estimate of drug-likeness (QED) is 0.261. The van der Waals surface area contributed by atoms with Crippen LogP contribution in [-0.2, 0) is 4.74 Å². The molecule has 0 bridgehead atoms. The lowest BCUT2D eigenvalue weighted by Gasteiger charge is -2.26. The Kier molecular flexibility index (Phi) is 5.80. The van der Waals surface area contributed by atoms with E-state index < -0.39 is 25.7 Å². The number of nitro groups is 1. The zero-order valence-corrected chi connectivity index (χ0v) is 14.7. The molecule has 0 aromatic heterocycles. The summed E-state index contributed by atoms with van der Waals surface area (Å²) >= 11 is 7.50. The fourth-order valence-corrected chi connectivity index (χ4v) is 2.24. The van der Waals surface area contributed by atoms with Crippen LogP contribution in [0, 0.1) is 10.1 Å². The molecule has 1 rings (SSSR count). The monoisotopic (exact) mass is 426 g/mol. The van der Waals surface area contributed by atoms with Gasteiger partial charge in [0.1, 0.15) is 5.60 Å². The first-order valence-corrected chi connectivity index (χ1v) is 7.56. The number of alkyl halides is 2. The van der Waals surface area contributed by atoms with Gasteiger partial charge in [0.05, 0.1) is 4.92 Å². The average Bonchev–Trinajstić information content (AvgIpc) is 2.34. The van der Waals surface area contributed by atoms with Crippen LogP contribution >= 0.6 is 34.2 Å². The second-order valence-electron chi connectivity index (χ2n) is 5.33. The lowest BCUT2D eigenvalue weighted by molar-refractivity contribution is -0.510. The van der Waals surface area contributed by atoms with E-state index in [0.717, 1.165) is 0 Å². The number of rotatable bonds is 4. The Morgan fingerprint density at radius 2 is 1.90 bits per heavy atom. The van der Waals surface area contributed by atoms with Gasteiger partial charge in [0.2, 0.25) is 0 Å². The molecule has 21 heavy (non-hydrogen) atoms. The third-order valence-electron chi connectivity index (χ3n) is 2.38. The van der Waals surface area contributed by atoms with E-state index in [-0.39, 0.29) is 0 Å². The second kappa shape index (κ2) is 6.78. The van der Waals surface area contributed by atoms with Crippen molar-refractivity contribution in [3.8, 4) is 0 Å². The molecular formula is C13H16ClIN2O4. The first kappa shape index (κ1) is 18.0. The van der Waals surface area contributed by atoms with Gasteiger partial charge < -0.3 is 10.1 Å². The van der Waals surface area contributed by atoms with Crippen molar-refractivity contribution in [1.82, 2.24) is 5.32 Å². The lowest BCUT2D eigenvalue weighted by atomic mass is 10.1. The number of benzene rings is 1. The van der Waals surface area contributed by atoms with Gasteiger partial charge >= 0.3 is 9.10 Å². The molecule has 0 aliphatic heterocycles. The first-order valence-electron chi connectivity index (χ1n) is 6.11. The van der Waals surface area contributed by atoms with Crippen molar-refractivity contribution in [3.05, 3.63) is 46.0 Å². The summed E-state index contributed by atoms with van der Waals surface area (Å²) in [7, 11) is 0. The highest BCUT2D eigenvalue weighted by Crippen LogP contribution is 2.38. The summed E-state index contributed by atoms with van der Waals surface area (Å²) in [5.74, 6) is 0. The van der Waals surface area contributed by atoms with Crippen LogP contribution in [0.4, 0.5) is 4.79 Å². The highest BCUT2D eigenvalue weighted by atomic mass is 127. The smallest absolute Gasteiger partial charge is 0.408 e. The number of nitrogens with one attached hydrogen (secondary N) is 1. The molecule has 1 N–H and O–H groups in total. The fraction of sp³-hybridized carbons (Fsp3) is 0.462. The summed E-state index contributed by atoms with van der Waals surface area (Å²) in [6.07, 6.45) is -0.764. The Morgan fingerprint density at radius 1 is 1.38 bits per heavy atom. The largest absolute Gasteiger partial charge is 0.444 e. The van der Waals surface area contributed by atoms with Gasteiger partial charge in [0, 0.05) is 22.6 Å². The van der Waals surface area contributed by atoms with E-state index in [1.54, 1.807) is 51.1 Å². The number of alkyl carbamates (subject to hydrolysis) is 1. The molecule has 0 aliphatic rings. The molecule has 2 atom stereocenters. The molecule has 0 fully saturated rings. The van der Waals surface area contributed by atoms with Crippen molar-refractivity contribution in [2.24, 2.45) is 0 Å². The summed E-state index contributed by atoms with van der Waals surface area (Å²) in [4.78, 5) is 22.4. The van der Waals surface area contributed by atoms with Crippen LogP contribution in [0.3, 0.4) is 0 Å². The van der Waals surface area contributed by atoms with Gasteiger partial charge in [-0.2, -0.15) is 0 Å². The van der Waals surface area contributed by atoms with Crippen LogP contribution in [0.25, 0.3) is 0 Å². The van der Waals surface area contributed by atoms with Crippen molar-refractivity contribution in [3.63, 3.8) is 0 Å². The number of amides is 1. The number of carbonyl (C=O) groups excluding carboxylic acids is 1. The summed E-state index contributed by atoms with van der Waals surface area (Å²) in [5.41, 5.74) is -0.190. The molecule has 0 aliphatic carbocycles. The van der Waals surface area contributed by atoms with Crippen LogP contribution in [0.1, 0.15) is 32.4 Å². The molecule has 0 saturated heterocycles. The molecule has 0 saturated carbocycles. The van der Waals surface area contributed by atoms with Gasteiger partial charge in [-0.15, -0.1) is 0 Å². The molecule has 1 aromatic rings. The van der Waals surface area contributed by atoms with E-state index >= 15 is 0 Å². The van der Waals surface area contributed by atoms with E-state index in [9.17, 15) is 14.9 Å². The summed E-state index contributed by atoms with van der Waals surface area (Å²) in [6.45, 7) is 5.11. The fourth-order valence-electron chi connectivity index (χ4n) is 1.55. The molecule has 116 valence electrons. The molecule has 0 radical (unpaired) electrons. The summed E-state index contributed by atoms with van der Waals surface area (Å²) in [5, 5.41) is 13.6. The van der Waals surface area contributed by atoms with Gasteiger partial charge in [0.25, 0.3) is 0 Å². The van der Waals surface area contributed by atoms with Gasteiger partial charge in [0.15, 0.2) is 6.04 Å². The SMILES string of the molecule is CC(C)(C)OC(=O)NC(c1ccccc1)C(Cl)(I)[N+](=O)[O-]. The van der Waals surface area contributed by atoms with Crippen molar-refractivity contribution in [2.45, 2.75) is 35.4 Å². The first-order chi connectivity index (χ1) is 9.54. The molecule has 1 amide bonds. The van der Waals surface area contributed by atoms with Crippen LogP contribution in [0.5, 0.6) is 0 Å². The minimum atomic E-state index is -1.92. The Labute approximate surface area is 141 Å². The maximum absolute atomic E-state index is 11.9. The van der Waals surface area contributed by atoms with E-state index in [0.29, 0.717) is 5.56 Å². The molecular weight excluding hydrogens is 411 g/mol. The van der Waals surface area contributed by atoms with Crippen LogP contribution in [0.15, 0.2) is 30.3 Å².